The number of rotatable bonds is 5. The standard InChI is InChI=1S/C20H24N4O3/c1-10(2)16-11(3)24-20-18(19(21)22-9-23-20)17(16)12-7-14(26-5)15(27-6)8-13(12)25-4/h7-10H,1-6H3,(H2,21,22,23,24). The summed E-state index contributed by atoms with van der Waals surface area (Å²) in [6.07, 6.45) is 1.43. The van der Waals surface area contributed by atoms with Gasteiger partial charge in [0.2, 0.25) is 0 Å². The normalized spacial score (nSPS) is 11.1. The number of aryl methyl sites for hydroxylation is 1. The minimum atomic E-state index is 0.203. The Morgan fingerprint density at radius 3 is 2.15 bits per heavy atom. The zero-order chi connectivity index (χ0) is 19.7. The van der Waals surface area contributed by atoms with Gasteiger partial charge in [0.15, 0.2) is 17.1 Å². The molecule has 0 aliphatic heterocycles. The van der Waals surface area contributed by atoms with Crippen molar-refractivity contribution < 1.29 is 14.2 Å². The third-order valence-electron chi connectivity index (χ3n) is 4.59. The van der Waals surface area contributed by atoms with E-state index in [-0.39, 0.29) is 5.92 Å². The third-order valence-corrected chi connectivity index (χ3v) is 4.59. The molecule has 0 unspecified atom stereocenters. The van der Waals surface area contributed by atoms with Gasteiger partial charge in [-0.3, -0.25) is 0 Å². The molecule has 2 heterocycles. The van der Waals surface area contributed by atoms with Gasteiger partial charge in [-0.25, -0.2) is 15.0 Å². The average molecular weight is 368 g/mol. The van der Waals surface area contributed by atoms with E-state index in [4.69, 9.17) is 19.9 Å². The van der Waals surface area contributed by atoms with E-state index in [0.29, 0.717) is 34.1 Å². The first-order valence-corrected chi connectivity index (χ1v) is 8.63. The lowest BCUT2D eigenvalue weighted by Gasteiger charge is -2.21. The number of pyridine rings is 1. The number of ether oxygens (including phenoxy) is 3. The molecule has 0 spiro atoms. The average Bonchev–Trinajstić information content (AvgIpc) is 2.65. The molecule has 7 heteroatoms. The largest absolute Gasteiger partial charge is 0.496 e. The highest BCUT2D eigenvalue weighted by molar-refractivity contribution is 6.02. The van der Waals surface area contributed by atoms with E-state index in [2.05, 4.69) is 28.8 Å². The molecule has 2 N–H and O–H groups in total. The van der Waals surface area contributed by atoms with E-state index >= 15 is 0 Å². The number of hydrogen-bond acceptors (Lipinski definition) is 7. The minimum absolute atomic E-state index is 0.203. The van der Waals surface area contributed by atoms with Crippen molar-refractivity contribution in [3.63, 3.8) is 0 Å². The molecular weight excluding hydrogens is 344 g/mol. The van der Waals surface area contributed by atoms with Crippen molar-refractivity contribution in [2.24, 2.45) is 0 Å². The Morgan fingerprint density at radius 1 is 0.926 bits per heavy atom. The molecule has 0 aliphatic carbocycles. The minimum Gasteiger partial charge on any atom is -0.496 e. The number of fused-ring (bicyclic) bond motifs is 1. The zero-order valence-corrected chi connectivity index (χ0v) is 16.5. The summed E-state index contributed by atoms with van der Waals surface area (Å²) in [7, 11) is 4.81. The van der Waals surface area contributed by atoms with Crippen molar-refractivity contribution in [1.29, 1.82) is 0 Å². The molecule has 0 amide bonds. The highest BCUT2D eigenvalue weighted by Crippen LogP contribution is 2.46. The summed E-state index contributed by atoms with van der Waals surface area (Å²) in [5.41, 5.74) is 10.5. The second-order valence-electron chi connectivity index (χ2n) is 6.51. The Balaban J connectivity index is 2.52. The van der Waals surface area contributed by atoms with Gasteiger partial charge in [0.1, 0.15) is 17.9 Å². The first-order chi connectivity index (χ1) is 12.9. The van der Waals surface area contributed by atoms with Gasteiger partial charge in [0, 0.05) is 22.9 Å². The lowest BCUT2D eigenvalue weighted by molar-refractivity contribution is 0.349. The summed E-state index contributed by atoms with van der Waals surface area (Å²) in [4.78, 5) is 13.2. The zero-order valence-electron chi connectivity index (χ0n) is 16.5. The molecule has 0 saturated carbocycles. The number of benzene rings is 1. The molecule has 0 atom stereocenters. The van der Waals surface area contributed by atoms with E-state index in [1.54, 1.807) is 27.4 Å². The van der Waals surface area contributed by atoms with Crippen LogP contribution in [0.5, 0.6) is 17.2 Å². The Morgan fingerprint density at radius 2 is 1.56 bits per heavy atom. The van der Waals surface area contributed by atoms with Crippen LogP contribution in [-0.2, 0) is 0 Å². The Kier molecular flexibility index (Phi) is 5.03. The fraction of sp³-hybridized carbons (Fsp3) is 0.350. The first-order valence-electron chi connectivity index (χ1n) is 8.63. The van der Waals surface area contributed by atoms with Crippen molar-refractivity contribution in [3.8, 4) is 28.4 Å². The molecule has 3 aromatic rings. The number of nitrogens with two attached hydrogens (primary N) is 1. The van der Waals surface area contributed by atoms with Crippen molar-refractivity contribution in [1.82, 2.24) is 15.0 Å². The van der Waals surface area contributed by atoms with Gasteiger partial charge < -0.3 is 19.9 Å². The summed E-state index contributed by atoms with van der Waals surface area (Å²) < 4.78 is 16.6. The molecule has 1 aromatic carbocycles. The maximum atomic E-state index is 6.24. The second kappa shape index (κ2) is 7.26. The van der Waals surface area contributed by atoms with Crippen LogP contribution < -0.4 is 19.9 Å². The highest BCUT2D eigenvalue weighted by Gasteiger charge is 2.24. The first kappa shape index (κ1) is 18.7. The van der Waals surface area contributed by atoms with Crippen LogP contribution in [0.3, 0.4) is 0 Å². The summed E-state index contributed by atoms with van der Waals surface area (Å²) in [5, 5.41) is 0.706. The molecule has 7 nitrogen and oxygen atoms in total. The smallest absolute Gasteiger partial charge is 0.165 e. The Bertz CT molecular complexity index is 1000. The molecule has 0 radical (unpaired) electrons. The predicted octanol–water partition coefficient (Wildman–Crippen LogP) is 3.73. The molecule has 142 valence electrons. The molecule has 0 saturated heterocycles. The Labute approximate surface area is 158 Å². The number of hydrogen-bond donors (Lipinski definition) is 1. The van der Waals surface area contributed by atoms with Crippen molar-refractivity contribution >= 4 is 16.9 Å². The van der Waals surface area contributed by atoms with Gasteiger partial charge in [-0.2, -0.15) is 0 Å². The topological polar surface area (TPSA) is 92.4 Å². The molecule has 27 heavy (non-hydrogen) atoms. The van der Waals surface area contributed by atoms with E-state index in [1.807, 2.05) is 13.0 Å². The van der Waals surface area contributed by atoms with Crippen LogP contribution in [0.25, 0.3) is 22.2 Å². The van der Waals surface area contributed by atoms with E-state index < -0.39 is 0 Å². The number of methoxy groups -OCH3 is 3. The lowest BCUT2D eigenvalue weighted by Crippen LogP contribution is -2.06. The summed E-state index contributed by atoms with van der Waals surface area (Å²) >= 11 is 0. The van der Waals surface area contributed by atoms with E-state index in [1.165, 1.54) is 6.33 Å². The van der Waals surface area contributed by atoms with Crippen LogP contribution in [0.15, 0.2) is 18.5 Å². The van der Waals surface area contributed by atoms with Gasteiger partial charge in [0.05, 0.1) is 26.7 Å². The number of nitrogens with zero attached hydrogens (tertiary/aromatic N) is 3. The van der Waals surface area contributed by atoms with Crippen LogP contribution >= 0.6 is 0 Å². The van der Waals surface area contributed by atoms with Crippen LogP contribution in [0, 0.1) is 6.92 Å². The van der Waals surface area contributed by atoms with Crippen LogP contribution in [-0.4, -0.2) is 36.3 Å². The van der Waals surface area contributed by atoms with Gasteiger partial charge >= 0.3 is 0 Å². The number of anilines is 1. The van der Waals surface area contributed by atoms with E-state index in [0.717, 1.165) is 22.4 Å². The number of nitrogen functional groups attached to an aromatic ring is 1. The van der Waals surface area contributed by atoms with Gasteiger partial charge in [-0.15, -0.1) is 0 Å². The molecule has 0 aliphatic rings. The molecule has 0 fully saturated rings. The maximum Gasteiger partial charge on any atom is 0.165 e. The van der Waals surface area contributed by atoms with Gasteiger partial charge in [0.25, 0.3) is 0 Å². The van der Waals surface area contributed by atoms with Crippen LogP contribution in [0.4, 0.5) is 5.82 Å². The van der Waals surface area contributed by atoms with Crippen molar-refractivity contribution in [2.45, 2.75) is 26.7 Å². The molecule has 0 bridgehead atoms. The van der Waals surface area contributed by atoms with Crippen LogP contribution in [0.1, 0.15) is 31.0 Å². The summed E-state index contributed by atoms with van der Waals surface area (Å²) in [6.45, 7) is 6.21. The SMILES string of the molecule is COc1cc(OC)c(-c2c(C(C)C)c(C)nc3ncnc(N)c23)cc1OC. The summed E-state index contributed by atoms with van der Waals surface area (Å²) in [5.74, 6) is 2.41. The van der Waals surface area contributed by atoms with E-state index in [9.17, 15) is 0 Å². The second-order valence-corrected chi connectivity index (χ2v) is 6.51. The lowest BCUT2D eigenvalue weighted by atomic mass is 9.88. The predicted molar refractivity (Wildman–Crippen MR) is 106 cm³/mol. The maximum absolute atomic E-state index is 6.24. The fourth-order valence-electron chi connectivity index (χ4n) is 3.46. The molecule has 3 rings (SSSR count). The van der Waals surface area contributed by atoms with Crippen LogP contribution in [0.2, 0.25) is 0 Å². The quantitative estimate of drug-likeness (QED) is 0.733. The monoisotopic (exact) mass is 368 g/mol. The number of aromatic nitrogens is 3. The fourth-order valence-corrected chi connectivity index (χ4v) is 3.46. The third kappa shape index (κ3) is 3.09. The Hall–Kier alpha value is -3.09. The van der Waals surface area contributed by atoms with Gasteiger partial charge in [-0.1, -0.05) is 13.8 Å². The van der Waals surface area contributed by atoms with Crippen molar-refractivity contribution in [2.75, 3.05) is 27.1 Å². The van der Waals surface area contributed by atoms with Crippen molar-refractivity contribution in [3.05, 3.63) is 29.7 Å². The van der Waals surface area contributed by atoms with Gasteiger partial charge in [-0.05, 0) is 24.5 Å². The molecule has 2 aromatic heterocycles. The highest BCUT2D eigenvalue weighted by atomic mass is 16.5. The summed E-state index contributed by atoms with van der Waals surface area (Å²) in [6, 6.07) is 3.70. The molecular formula is C20H24N4O3.